The number of carbonyl (C=O) groups is 2. The van der Waals surface area contributed by atoms with E-state index in [1.165, 1.54) is 21.0 Å². The number of hydrogen-bond acceptors (Lipinski definition) is 10. The second kappa shape index (κ2) is 6.59. The zero-order chi connectivity index (χ0) is 18.1. The van der Waals surface area contributed by atoms with Gasteiger partial charge in [0, 0.05) is 13.8 Å². The van der Waals surface area contributed by atoms with Crippen LogP contribution in [0.1, 0.15) is 13.8 Å². The fourth-order valence-corrected chi connectivity index (χ4v) is 2.83. The number of ether oxygens (including phenoxy) is 4. The normalized spacial score (nSPS) is 27.0. The summed E-state index contributed by atoms with van der Waals surface area (Å²) in [6.07, 6.45) is -2.30. The number of fused-ring (bicyclic) bond motifs is 2. The van der Waals surface area contributed by atoms with Crippen LogP contribution in [0.15, 0.2) is 4.79 Å². The molecular formula is C14H18N4O7. The first kappa shape index (κ1) is 17.0. The number of esters is 2. The van der Waals surface area contributed by atoms with Gasteiger partial charge in [0.25, 0.3) is 11.6 Å². The van der Waals surface area contributed by atoms with Crippen LogP contribution in [-0.4, -0.2) is 60.1 Å². The zero-order valence-electron chi connectivity index (χ0n) is 13.8. The molecule has 4 atom stereocenters. The number of rotatable bonds is 3. The molecule has 25 heavy (non-hydrogen) atoms. The van der Waals surface area contributed by atoms with Gasteiger partial charge in [0.1, 0.15) is 11.7 Å². The van der Waals surface area contributed by atoms with E-state index in [0.29, 0.717) is 0 Å². The van der Waals surface area contributed by atoms with E-state index in [1.54, 1.807) is 0 Å². The number of H-pyrrole nitrogens is 1. The smallest absolute Gasteiger partial charge is 0.303 e. The molecule has 0 aliphatic carbocycles. The van der Waals surface area contributed by atoms with E-state index in [0.717, 1.165) is 0 Å². The van der Waals surface area contributed by atoms with Gasteiger partial charge in [0.05, 0.1) is 13.7 Å². The molecule has 136 valence electrons. The molecule has 0 saturated carbocycles. The number of hydrogen-bond donors (Lipinski definition) is 3. The molecule has 1 saturated heterocycles. The third-order valence-corrected chi connectivity index (χ3v) is 3.79. The van der Waals surface area contributed by atoms with Crippen molar-refractivity contribution >= 4 is 23.4 Å². The maximum atomic E-state index is 12.2. The minimum absolute atomic E-state index is 0.0169. The fourth-order valence-electron chi connectivity index (χ4n) is 2.83. The van der Waals surface area contributed by atoms with Crippen LogP contribution >= 0.6 is 0 Å². The number of nitrogens with one attached hydrogen (secondary N) is 3. The van der Waals surface area contributed by atoms with Gasteiger partial charge in [-0.3, -0.25) is 19.4 Å². The summed E-state index contributed by atoms with van der Waals surface area (Å²) in [5, 5.41) is 5.92. The van der Waals surface area contributed by atoms with Gasteiger partial charge in [-0.25, -0.2) is 0 Å². The highest BCUT2D eigenvalue weighted by atomic mass is 16.6. The summed E-state index contributed by atoms with van der Waals surface area (Å²) in [4.78, 5) is 41.5. The van der Waals surface area contributed by atoms with Crippen molar-refractivity contribution in [1.29, 1.82) is 0 Å². The van der Waals surface area contributed by atoms with Crippen LogP contribution in [0, 0.1) is 0 Å². The van der Waals surface area contributed by atoms with Crippen LogP contribution in [0.25, 0.3) is 0 Å². The number of methoxy groups -OCH3 is 1. The summed E-state index contributed by atoms with van der Waals surface area (Å²) in [6.45, 7) is 2.52. The van der Waals surface area contributed by atoms with E-state index in [-0.39, 0.29) is 24.1 Å². The van der Waals surface area contributed by atoms with E-state index < -0.39 is 42.0 Å². The van der Waals surface area contributed by atoms with Crippen LogP contribution in [-0.2, 0) is 23.8 Å². The molecule has 3 N–H and O–H groups in total. The molecule has 0 spiro atoms. The van der Waals surface area contributed by atoms with Gasteiger partial charge in [-0.15, -0.1) is 0 Å². The van der Waals surface area contributed by atoms with Crippen molar-refractivity contribution in [3.8, 4) is 6.01 Å². The molecule has 11 heteroatoms. The molecule has 0 radical (unpaired) electrons. The monoisotopic (exact) mass is 354 g/mol. The first-order valence-corrected chi connectivity index (χ1v) is 7.56. The Bertz CT molecular complexity index is 749. The Morgan fingerprint density at radius 3 is 2.56 bits per heavy atom. The van der Waals surface area contributed by atoms with Crippen molar-refractivity contribution in [2.24, 2.45) is 0 Å². The van der Waals surface area contributed by atoms with E-state index in [1.807, 2.05) is 0 Å². The van der Waals surface area contributed by atoms with Gasteiger partial charge in [-0.2, -0.15) is 4.98 Å². The van der Waals surface area contributed by atoms with Crippen molar-refractivity contribution in [3.05, 3.63) is 10.4 Å². The Balaban J connectivity index is 1.93. The lowest BCUT2D eigenvalue weighted by atomic mass is 9.98. The van der Waals surface area contributed by atoms with Gasteiger partial charge in [-0.05, 0) is 0 Å². The maximum absolute atomic E-state index is 12.2. The summed E-state index contributed by atoms with van der Waals surface area (Å²) < 4.78 is 21.1. The van der Waals surface area contributed by atoms with E-state index in [4.69, 9.17) is 18.9 Å². The molecule has 3 rings (SSSR count). The largest absolute Gasteiger partial charge is 0.468 e. The Morgan fingerprint density at radius 2 is 1.92 bits per heavy atom. The second-order valence-corrected chi connectivity index (χ2v) is 5.59. The van der Waals surface area contributed by atoms with E-state index >= 15 is 0 Å². The van der Waals surface area contributed by atoms with Crippen molar-refractivity contribution in [1.82, 2.24) is 9.97 Å². The minimum atomic E-state index is -0.845. The second-order valence-electron chi connectivity index (χ2n) is 5.59. The van der Waals surface area contributed by atoms with Gasteiger partial charge in [0.2, 0.25) is 0 Å². The van der Waals surface area contributed by atoms with Crippen LogP contribution in [0.5, 0.6) is 6.01 Å². The van der Waals surface area contributed by atoms with E-state index in [9.17, 15) is 14.4 Å². The van der Waals surface area contributed by atoms with Crippen molar-refractivity contribution in [2.75, 3.05) is 24.4 Å². The Kier molecular flexibility index (Phi) is 4.49. The third-order valence-electron chi connectivity index (χ3n) is 3.79. The lowest BCUT2D eigenvalue weighted by Crippen LogP contribution is -2.63. The summed E-state index contributed by atoms with van der Waals surface area (Å²) in [6, 6.07) is -0.618. The number of anilines is 2. The highest BCUT2D eigenvalue weighted by molar-refractivity contribution is 5.69. The van der Waals surface area contributed by atoms with Crippen molar-refractivity contribution in [3.63, 3.8) is 0 Å². The molecule has 3 heterocycles. The molecule has 0 unspecified atom stereocenters. The molecule has 1 aromatic heterocycles. The lowest BCUT2D eigenvalue weighted by molar-refractivity contribution is -0.187. The lowest BCUT2D eigenvalue weighted by Gasteiger charge is -2.44. The van der Waals surface area contributed by atoms with Gasteiger partial charge in [0.15, 0.2) is 24.3 Å². The number of aromatic nitrogens is 2. The number of aromatic amines is 1. The Morgan fingerprint density at radius 1 is 1.20 bits per heavy atom. The zero-order valence-corrected chi connectivity index (χ0v) is 13.8. The molecule has 2 aliphatic heterocycles. The van der Waals surface area contributed by atoms with Gasteiger partial charge < -0.3 is 29.6 Å². The van der Waals surface area contributed by atoms with Crippen molar-refractivity contribution < 1.29 is 28.5 Å². The highest BCUT2D eigenvalue weighted by Crippen LogP contribution is 2.31. The Hall–Kier alpha value is -2.82. The SMILES string of the molecule is COc1nc2c(c(=O)[nH]1)N[C@H]1[C@@H](OC(C)=O)[C@H](OC(C)=O)CO[C@H]1N2. The van der Waals surface area contributed by atoms with Crippen LogP contribution < -0.4 is 20.9 Å². The van der Waals surface area contributed by atoms with Crippen molar-refractivity contribution in [2.45, 2.75) is 38.3 Å². The number of carbonyl (C=O) groups excluding carboxylic acids is 2. The number of nitrogens with zero attached hydrogens (tertiary/aromatic N) is 1. The maximum Gasteiger partial charge on any atom is 0.303 e. The molecular weight excluding hydrogens is 336 g/mol. The summed E-state index contributed by atoms with van der Waals surface area (Å²) >= 11 is 0. The van der Waals surface area contributed by atoms with Gasteiger partial charge >= 0.3 is 11.9 Å². The Labute approximate surface area is 142 Å². The predicted octanol–water partition coefficient (Wildman–Crippen LogP) is -0.796. The summed E-state index contributed by atoms with van der Waals surface area (Å²) in [5.41, 5.74) is -0.324. The summed E-state index contributed by atoms with van der Waals surface area (Å²) in [5.74, 6) is -0.829. The average molecular weight is 354 g/mol. The molecule has 1 aromatic rings. The quantitative estimate of drug-likeness (QED) is 0.591. The topological polar surface area (TPSA) is 141 Å². The highest BCUT2D eigenvalue weighted by Gasteiger charge is 2.47. The minimum Gasteiger partial charge on any atom is -0.468 e. The van der Waals surface area contributed by atoms with Crippen LogP contribution in [0.2, 0.25) is 0 Å². The van der Waals surface area contributed by atoms with Gasteiger partial charge in [-0.1, -0.05) is 0 Å². The standard InChI is InChI=1S/C14H18N4O7/c1-5(19)24-7-4-23-13-8(10(7)25-6(2)20)15-9-11(16-13)17-14(22-3)18-12(9)21/h7-8,10,13,15H,4H2,1-3H3,(H2,16,17,18,21)/t7-,8+,10+,13-/m1/s1. The molecule has 11 nitrogen and oxygen atoms in total. The summed E-state index contributed by atoms with van der Waals surface area (Å²) in [7, 11) is 1.38. The average Bonchev–Trinajstić information content (AvgIpc) is 2.54. The molecule has 2 aliphatic rings. The molecule has 0 amide bonds. The third kappa shape index (κ3) is 3.36. The molecule has 1 fully saturated rings. The molecule has 0 aromatic carbocycles. The van der Waals surface area contributed by atoms with E-state index in [2.05, 4.69) is 20.6 Å². The van der Waals surface area contributed by atoms with Crippen LogP contribution in [0.4, 0.5) is 11.5 Å². The van der Waals surface area contributed by atoms with Crippen LogP contribution in [0.3, 0.4) is 0 Å². The predicted molar refractivity (Wildman–Crippen MR) is 83.3 cm³/mol. The first-order valence-electron chi connectivity index (χ1n) is 7.56. The fraction of sp³-hybridized carbons (Fsp3) is 0.571. The first-order chi connectivity index (χ1) is 11.9. The molecule has 0 bridgehead atoms.